The molecular formula is C14H8ClFN2O. The van der Waals surface area contributed by atoms with Gasteiger partial charge in [0.15, 0.2) is 5.43 Å². The third-order valence-electron chi connectivity index (χ3n) is 2.92. The number of fused-ring (bicyclic) bond motifs is 1. The average Bonchev–Trinajstić information content (AvgIpc) is 2.44. The minimum absolute atomic E-state index is 0.216. The van der Waals surface area contributed by atoms with E-state index in [1.54, 1.807) is 30.5 Å². The SMILES string of the molecule is O=c1c(-c2ccccc2F)cn(Cl)c2ccncc12. The highest BCUT2D eigenvalue weighted by molar-refractivity contribution is 6.19. The molecule has 3 aromatic rings. The first-order chi connectivity index (χ1) is 9.18. The molecule has 1 aromatic carbocycles. The van der Waals surface area contributed by atoms with Gasteiger partial charge in [0.2, 0.25) is 0 Å². The summed E-state index contributed by atoms with van der Waals surface area (Å²) in [5, 5.41) is 0.359. The van der Waals surface area contributed by atoms with Crippen LogP contribution < -0.4 is 5.43 Å². The van der Waals surface area contributed by atoms with Gasteiger partial charge in [0.05, 0.1) is 16.5 Å². The van der Waals surface area contributed by atoms with Gasteiger partial charge in [-0.2, -0.15) is 0 Å². The fraction of sp³-hybridized carbons (Fsp3) is 0. The molecule has 0 spiro atoms. The van der Waals surface area contributed by atoms with Gasteiger partial charge in [0, 0.05) is 35.9 Å². The number of hydrogen-bond donors (Lipinski definition) is 0. The van der Waals surface area contributed by atoms with E-state index in [0.717, 1.165) is 0 Å². The Labute approximate surface area is 113 Å². The molecule has 0 unspecified atom stereocenters. The summed E-state index contributed by atoms with van der Waals surface area (Å²) in [6.45, 7) is 0. The third-order valence-corrected chi connectivity index (χ3v) is 3.20. The molecule has 3 nitrogen and oxygen atoms in total. The summed E-state index contributed by atoms with van der Waals surface area (Å²) in [5.74, 6) is -0.459. The molecule has 0 fully saturated rings. The summed E-state index contributed by atoms with van der Waals surface area (Å²) >= 11 is 6.06. The predicted octanol–water partition coefficient (Wildman–Crippen LogP) is 3.20. The van der Waals surface area contributed by atoms with Crippen molar-refractivity contribution < 1.29 is 4.39 Å². The van der Waals surface area contributed by atoms with E-state index in [2.05, 4.69) is 4.98 Å². The van der Waals surface area contributed by atoms with E-state index in [0.29, 0.717) is 10.9 Å². The summed E-state index contributed by atoms with van der Waals surface area (Å²) in [6, 6.07) is 7.73. The molecule has 0 atom stereocenters. The molecule has 0 amide bonds. The van der Waals surface area contributed by atoms with E-state index in [1.165, 1.54) is 22.5 Å². The number of nitrogens with zero attached hydrogens (tertiary/aromatic N) is 2. The van der Waals surface area contributed by atoms with Crippen LogP contribution in [-0.4, -0.2) is 9.07 Å². The summed E-state index contributed by atoms with van der Waals surface area (Å²) in [7, 11) is 0. The molecule has 0 aliphatic heterocycles. The topological polar surface area (TPSA) is 34.9 Å². The molecule has 19 heavy (non-hydrogen) atoms. The smallest absolute Gasteiger partial charge is 0.198 e. The van der Waals surface area contributed by atoms with Crippen LogP contribution in [0.3, 0.4) is 0 Å². The first-order valence-electron chi connectivity index (χ1n) is 5.59. The van der Waals surface area contributed by atoms with Crippen molar-refractivity contribution in [3.8, 4) is 11.1 Å². The molecular weight excluding hydrogens is 267 g/mol. The lowest BCUT2D eigenvalue weighted by molar-refractivity contribution is 0.631. The molecule has 0 saturated heterocycles. The molecule has 94 valence electrons. The van der Waals surface area contributed by atoms with Crippen molar-refractivity contribution in [2.45, 2.75) is 0 Å². The predicted molar refractivity (Wildman–Crippen MR) is 72.6 cm³/mol. The highest BCUT2D eigenvalue weighted by Gasteiger charge is 2.12. The number of rotatable bonds is 1. The maximum atomic E-state index is 13.8. The van der Waals surface area contributed by atoms with Gasteiger partial charge in [-0.25, -0.2) is 4.39 Å². The van der Waals surface area contributed by atoms with Crippen LogP contribution in [0.2, 0.25) is 0 Å². The molecule has 0 N–H and O–H groups in total. The molecule has 2 aromatic heterocycles. The lowest BCUT2D eigenvalue weighted by Crippen LogP contribution is -2.09. The Balaban J connectivity index is 2.41. The maximum Gasteiger partial charge on any atom is 0.198 e. The van der Waals surface area contributed by atoms with Gasteiger partial charge in [-0.15, -0.1) is 0 Å². The Morgan fingerprint density at radius 2 is 1.95 bits per heavy atom. The zero-order valence-corrected chi connectivity index (χ0v) is 10.4. The number of pyridine rings is 2. The third kappa shape index (κ3) is 1.90. The van der Waals surface area contributed by atoms with E-state index >= 15 is 0 Å². The Morgan fingerprint density at radius 3 is 2.74 bits per heavy atom. The van der Waals surface area contributed by atoms with Crippen LogP contribution >= 0.6 is 11.8 Å². The summed E-state index contributed by atoms with van der Waals surface area (Å²) in [4.78, 5) is 16.3. The van der Waals surface area contributed by atoms with Crippen molar-refractivity contribution in [2.24, 2.45) is 0 Å². The van der Waals surface area contributed by atoms with Crippen LogP contribution in [0.15, 0.2) is 53.7 Å². The van der Waals surface area contributed by atoms with E-state index in [4.69, 9.17) is 11.8 Å². The number of benzene rings is 1. The summed E-state index contributed by atoms with van der Waals surface area (Å²) < 4.78 is 15.1. The Morgan fingerprint density at radius 1 is 1.16 bits per heavy atom. The van der Waals surface area contributed by atoms with Crippen LogP contribution in [0.4, 0.5) is 4.39 Å². The zero-order chi connectivity index (χ0) is 13.4. The fourth-order valence-corrected chi connectivity index (χ4v) is 2.25. The standard InChI is InChI=1S/C14H8ClFN2O/c15-18-8-11(9-3-1-2-4-12(9)16)14(19)10-7-17-6-5-13(10)18/h1-8H. The Hall–Kier alpha value is -2.20. The maximum absolute atomic E-state index is 13.8. The Bertz CT molecular complexity index is 829. The molecule has 0 saturated carbocycles. The van der Waals surface area contributed by atoms with E-state index < -0.39 is 5.82 Å². The molecule has 0 bridgehead atoms. The minimum atomic E-state index is -0.459. The molecule has 5 heteroatoms. The van der Waals surface area contributed by atoms with Crippen LogP contribution in [0.25, 0.3) is 22.0 Å². The minimum Gasteiger partial charge on any atom is -0.288 e. The molecule has 3 rings (SSSR count). The van der Waals surface area contributed by atoms with E-state index in [9.17, 15) is 9.18 Å². The number of hydrogen-bond acceptors (Lipinski definition) is 2. The fourth-order valence-electron chi connectivity index (χ4n) is 2.01. The van der Waals surface area contributed by atoms with Crippen LogP contribution in [-0.2, 0) is 0 Å². The quantitative estimate of drug-likeness (QED) is 0.683. The second-order valence-electron chi connectivity index (χ2n) is 4.06. The van der Waals surface area contributed by atoms with Crippen molar-refractivity contribution in [3.05, 3.63) is 65.0 Å². The largest absolute Gasteiger partial charge is 0.288 e. The van der Waals surface area contributed by atoms with Gasteiger partial charge in [-0.3, -0.25) is 13.9 Å². The van der Waals surface area contributed by atoms with Gasteiger partial charge in [-0.05, 0) is 12.1 Å². The lowest BCUT2D eigenvalue weighted by atomic mass is 10.1. The van der Waals surface area contributed by atoms with Crippen molar-refractivity contribution >= 4 is 22.7 Å². The average molecular weight is 275 g/mol. The molecule has 0 aliphatic rings. The van der Waals surface area contributed by atoms with Gasteiger partial charge in [0.1, 0.15) is 5.82 Å². The Kier molecular flexibility index (Phi) is 2.80. The first kappa shape index (κ1) is 11.9. The van der Waals surface area contributed by atoms with Gasteiger partial charge < -0.3 is 0 Å². The summed E-state index contributed by atoms with van der Waals surface area (Å²) in [6.07, 6.45) is 4.40. The summed E-state index contributed by atoms with van der Waals surface area (Å²) in [5.41, 5.74) is 0.702. The number of halogens is 2. The van der Waals surface area contributed by atoms with Gasteiger partial charge in [0.25, 0.3) is 0 Å². The molecule has 0 aliphatic carbocycles. The van der Waals surface area contributed by atoms with Crippen LogP contribution in [0, 0.1) is 5.82 Å². The van der Waals surface area contributed by atoms with Crippen molar-refractivity contribution in [1.82, 2.24) is 9.07 Å². The zero-order valence-electron chi connectivity index (χ0n) is 9.68. The molecule has 0 radical (unpaired) electrons. The lowest BCUT2D eigenvalue weighted by Gasteiger charge is -2.07. The van der Waals surface area contributed by atoms with E-state index in [1.807, 2.05) is 0 Å². The normalized spacial score (nSPS) is 10.8. The monoisotopic (exact) mass is 274 g/mol. The number of aromatic nitrogens is 2. The second-order valence-corrected chi connectivity index (χ2v) is 4.42. The van der Waals surface area contributed by atoms with Gasteiger partial charge >= 0.3 is 0 Å². The second kappa shape index (κ2) is 4.48. The van der Waals surface area contributed by atoms with Crippen molar-refractivity contribution in [1.29, 1.82) is 0 Å². The highest BCUT2D eigenvalue weighted by atomic mass is 35.5. The van der Waals surface area contributed by atoms with Crippen LogP contribution in [0.5, 0.6) is 0 Å². The van der Waals surface area contributed by atoms with Crippen molar-refractivity contribution in [3.63, 3.8) is 0 Å². The first-order valence-corrected chi connectivity index (χ1v) is 5.93. The van der Waals surface area contributed by atoms with Crippen molar-refractivity contribution in [2.75, 3.05) is 0 Å². The van der Waals surface area contributed by atoms with Gasteiger partial charge in [-0.1, -0.05) is 18.2 Å². The molecule has 2 heterocycles. The highest BCUT2D eigenvalue weighted by Crippen LogP contribution is 2.22. The van der Waals surface area contributed by atoms with Crippen LogP contribution in [0.1, 0.15) is 0 Å². The van der Waals surface area contributed by atoms with E-state index in [-0.39, 0.29) is 16.6 Å².